The fourth-order valence-electron chi connectivity index (χ4n) is 1.85. The van der Waals surface area contributed by atoms with E-state index in [1.807, 2.05) is 27.7 Å². The summed E-state index contributed by atoms with van der Waals surface area (Å²) >= 11 is 0. The quantitative estimate of drug-likeness (QED) is 0.739. The van der Waals surface area contributed by atoms with Crippen LogP contribution in [0.2, 0.25) is 0 Å². The molecule has 108 valence electrons. The highest BCUT2D eigenvalue weighted by Crippen LogP contribution is 2.13. The number of rotatable bonds is 6. The van der Waals surface area contributed by atoms with Gasteiger partial charge in [0.1, 0.15) is 0 Å². The first-order chi connectivity index (χ1) is 8.90. The van der Waals surface area contributed by atoms with Gasteiger partial charge in [0.05, 0.1) is 24.0 Å². The van der Waals surface area contributed by atoms with Gasteiger partial charge in [-0.05, 0) is 27.2 Å². The van der Waals surface area contributed by atoms with Crippen LogP contribution in [0.5, 0.6) is 0 Å². The number of anilines is 1. The second kappa shape index (κ2) is 6.56. The molecule has 0 spiro atoms. The van der Waals surface area contributed by atoms with Crippen LogP contribution < -0.4 is 10.6 Å². The summed E-state index contributed by atoms with van der Waals surface area (Å²) in [7, 11) is 0. The Morgan fingerprint density at radius 2 is 2.26 bits per heavy atom. The minimum Gasteiger partial charge on any atom is -0.394 e. The number of aromatic nitrogens is 2. The molecule has 0 fully saturated rings. The largest absolute Gasteiger partial charge is 0.394 e. The van der Waals surface area contributed by atoms with E-state index < -0.39 is 5.54 Å². The van der Waals surface area contributed by atoms with Crippen molar-refractivity contribution in [2.75, 3.05) is 11.9 Å². The van der Waals surface area contributed by atoms with Gasteiger partial charge in [0.15, 0.2) is 0 Å². The molecule has 1 heterocycles. The third-order valence-corrected chi connectivity index (χ3v) is 2.95. The standard InChI is InChI=1S/C13H24N4O2/c1-5-6-13(4,9-18)16-12(19)15-11-7-14-17(8-11)10(2)3/h7-8,10,18H,5-6,9H2,1-4H3,(H2,15,16,19). The summed E-state index contributed by atoms with van der Waals surface area (Å²) in [4.78, 5) is 11.9. The number of hydrogen-bond donors (Lipinski definition) is 3. The third kappa shape index (κ3) is 4.55. The maximum atomic E-state index is 11.9. The van der Waals surface area contributed by atoms with Crippen LogP contribution in [0.3, 0.4) is 0 Å². The molecule has 0 aliphatic carbocycles. The second-order valence-electron chi connectivity index (χ2n) is 5.35. The Labute approximate surface area is 114 Å². The van der Waals surface area contributed by atoms with Crippen LogP contribution in [0.15, 0.2) is 12.4 Å². The van der Waals surface area contributed by atoms with Crippen LogP contribution >= 0.6 is 0 Å². The zero-order valence-corrected chi connectivity index (χ0v) is 12.1. The molecule has 0 bridgehead atoms. The summed E-state index contributed by atoms with van der Waals surface area (Å²) in [5.74, 6) is 0. The molecular formula is C13H24N4O2. The van der Waals surface area contributed by atoms with Gasteiger partial charge in [-0.3, -0.25) is 4.68 Å². The van der Waals surface area contributed by atoms with Gasteiger partial charge >= 0.3 is 6.03 Å². The highest BCUT2D eigenvalue weighted by molar-refractivity contribution is 5.89. The Bertz CT molecular complexity index is 417. The minimum absolute atomic E-state index is 0.0838. The van der Waals surface area contributed by atoms with Crippen molar-refractivity contribution in [3.63, 3.8) is 0 Å². The van der Waals surface area contributed by atoms with Crippen LogP contribution in [0.1, 0.15) is 46.6 Å². The number of carbonyl (C=O) groups is 1. The zero-order valence-electron chi connectivity index (χ0n) is 12.1. The van der Waals surface area contributed by atoms with Gasteiger partial charge in [0.25, 0.3) is 0 Å². The van der Waals surface area contributed by atoms with Gasteiger partial charge in [0, 0.05) is 12.2 Å². The lowest BCUT2D eigenvalue weighted by atomic mass is 9.98. The maximum Gasteiger partial charge on any atom is 0.319 e. The van der Waals surface area contributed by atoms with E-state index in [0.717, 1.165) is 12.8 Å². The van der Waals surface area contributed by atoms with E-state index in [1.54, 1.807) is 17.1 Å². The molecule has 0 aromatic carbocycles. The molecule has 0 aliphatic heterocycles. The van der Waals surface area contributed by atoms with E-state index in [-0.39, 0.29) is 18.7 Å². The lowest BCUT2D eigenvalue weighted by molar-refractivity contribution is 0.167. The number of amides is 2. The molecule has 0 radical (unpaired) electrons. The molecule has 1 unspecified atom stereocenters. The predicted octanol–water partition coefficient (Wildman–Crippen LogP) is 2.14. The summed E-state index contributed by atoms with van der Waals surface area (Å²) in [5, 5.41) is 19.0. The first-order valence-corrected chi connectivity index (χ1v) is 6.64. The van der Waals surface area contributed by atoms with Crippen molar-refractivity contribution < 1.29 is 9.90 Å². The van der Waals surface area contributed by atoms with E-state index in [0.29, 0.717) is 5.69 Å². The van der Waals surface area contributed by atoms with Crippen molar-refractivity contribution in [1.29, 1.82) is 0 Å². The smallest absolute Gasteiger partial charge is 0.319 e. The molecule has 0 saturated heterocycles. The van der Waals surface area contributed by atoms with Crippen LogP contribution in [0.25, 0.3) is 0 Å². The van der Waals surface area contributed by atoms with Crippen LogP contribution in [0, 0.1) is 0 Å². The Balaban J connectivity index is 2.59. The van der Waals surface area contributed by atoms with Gasteiger partial charge in [0.2, 0.25) is 0 Å². The Morgan fingerprint density at radius 3 is 2.74 bits per heavy atom. The molecule has 2 amide bonds. The van der Waals surface area contributed by atoms with Gasteiger partial charge in [-0.1, -0.05) is 13.3 Å². The van der Waals surface area contributed by atoms with Crippen LogP contribution in [-0.2, 0) is 0 Å². The van der Waals surface area contributed by atoms with E-state index in [2.05, 4.69) is 15.7 Å². The lowest BCUT2D eigenvalue weighted by Gasteiger charge is -2.28. The number of aliphatic hydroxyl groups excluding tert-OH is 1. The fraction of sp³-hybridized carbons (Fsp3) is 0.692. The number of carbonyl (C=O) groups excluding carboxylic acids is 1. The maximum absolute atomic E-state index is 11.9. The number of hydrogen-bond acceptors (Lipinski definition) is 3. The van der Waals surface area contributed by atoms with Crippen LogP contribution in [-0.4, -0.2) is 33.1 Å². The number of nitrogens with zero attached hydrogens (tertiary/aromatic N) is 2. The Morgan fingerprint density at radius 1 is 1.58 bits per heavy atom. The van der Waals surface area contributed by atoms with Crippen molar-refractivity contribution in [2.24, 2.45) is 0 Å². The van der Waals surface area contributed by atoms with Gasteiger partial charge in [-0.15, -0.1) is 0 Å². The molecule has 3 N–H and O–H groups in total. The SMILES string of the molecule is CCCC(C)(CO)NC(=O)Nc1cnn(C(C)C)c1. The van der Waals surface area contributed by atoms with Gasteiger partial charge < -0.3 is 15.7 Å². The van der Waals surface area contributed by atoms with Crippen molar-refractivity contribution in [1.82, 2.24) is 15.1 Å². The Kier molecular flexibility index (Phi) is 5.35. The van der Waals surface area contributed by atoms with Crippen molar-refractivity contribution in [2.45, 2.75) is 52.1 Å². The molecular weight excluding hydrogens is 244 g/mol. The first-order valence-electron chi connectivity index (χ1n) is 6.64. The molecule has 0 aliphatic rings. The summed E-state index contributed by atoms with van der Waals surface area (Å²) < 4.78 is 1.77. The first kappa shape index (κ1) is 15.5. The zero-order chi connectivity index (χ0) is 14.5. The molecule has 0 saturated carbocycles. The van der Waals surface area contributed by atoms with E-state index in [9.17, 15) is 9.90 Å². The van der Waals surface area contributed by atoms with E-state index in [4.69, 9.17) is 0 Å². The summed E-state index contributed by atoms with van der Waals surface area (Å²) in [6.07, 6.45) is 5.00. The minimum atomic E-state index is -0.590. The lowest BCUT2D eigenvalue weighted by Crippen LogP contribution is -2.50. The number of nitrogens with one attached hydrogen (secondary N) is 2. The van der Waals surface area contributed by atoms with Crippen molar-refractivity contribution >= 4 is 11.7 Å². The molecule has 6 nitrogen and oxygen atoms in total. The molecule has 19 heavy (non-hydrogen) atoms. The molecule has 1 atom stereocenters. The Hall–Kier alpha value is -1.56. The average Bonchev–Trinajstić information content (AvgIpc) is 2.77. The van der Waals surface area contributed by atoms with E-state index >= 15 is 0 Å². The highest BCUT2D eigenvalue weighted by Gasteiger charge is 2.24. The monoisotopic (exact) mass is 268 g/mol. The molecule has 1 aromatic heterocycles. The molecule has 1 rings (SSSR count). The normalized spacial score (nSPS) is 14.2. The average molecular weight is 268 g/mol. The van der Waals surface area contributed by atoms with E-state index in [1.165, 1.54) is 0 Å². The van der Waals surface area contributed by atoms with Crippen LogP contribution in [0.4, 0.5) is 10.5 Å². The van der Waals surface area contributed by atoms with Gasteiger partial charge in [-0.2, -0.15) is 5.10 Å². The molecule has 1 aromatic rings. The topological polar surface area (TPSA) is 79.2 Å². The number of urea groups is 1. The third-order valence-electron chi connectivity index (χ3n) is 2.95. The molecule has 6 heteroatoms. The van der Waals surface area contributed by atoms with Crippen molar-refractivity contribution in [3.8, 4) is 0 Å². The second-order valence-corrected chi connectivity index (χ2v) is 5.35. The highest BCUT2D eigenvalue weighted by atomic mass is 16.3. The van der Waals surface area contributed by atoms with Gasteiger partial charge in [-0.25, -0.2) is 4.79 Å². The number of aliphatic hydroxyl groups is 1. The summed E-state index contributed by atoms with van der Waals surface area (Å²) in [5.41, 5.74) is 0.0513. The van der Waals surface area contributed by atoms with Crippen molar-refractivity contribution in [3.05, 3.63) is 12.4 Å². The summed E-state index contributed by atoms with van der Waals surface area (Å²) in [6.45, 7) is 7.79. The fourth-order valence-corrected chi connectivity index (χ4v) is 1.85. The summed E-state index contributed by atoms with van der Waals surface area (Å²) in [6, 6.07) is -0.0743. The predicted molar refractivity (Wildman–Crippen MR) is 75.2 cm³/mol.